The molecule has 1 aliphatic heterocycles. The lowest BCUT2D eigenvalue weighted by molar-refractivity contribution is -0.0298. The summed E-state index contributed by atoms with van der Waals surface area (Å²) in [5, 5.41) is 3.75. The van der Waals surface area contributed by atoms with E-state index in [9.17, 15) is 0 Å². The summed E-state index contributed by atoms with van der Waals surface area (Å²) >= 11 is 8.50. The van der Waals surface area contributed by atoms with Gasteiger partial charge in [-0.15, -0.1) is 0 Å². The fraction of sp³-hybridized carbons (Fsp3) is 0.353. The topological polar surface area (TPSA) is 74.1 Å². The second-order valence-corrected chi connectivity index (χ2v) is 7.28. The van der Waals surface area contributed by atoms with Crippen LogP contribution in [0.15, 0.2) is 24.5 Å². The molecule has 0 aliphatic carbocycles. The van der Waals surface area contributed by atoms with E-state index >= 15 is 0 Å². The maximum absolute atomic E-state index is 6.40. The van der Waals surface area contributed by atoms with Gasteiger partial charge in [-0.2, -0.15) is 0 Å². The first-order valence-corrected chi connectivity index (χ1v) is 9.74. The molecule has 1 aliphatic rings. The van der Waals surface area contributed by atoms with Crippen molar-refractivity contribution in [2.75, 3.05) is 19.0 Å². The first kappa shape index (κ1) is 17.7. The molecule has 1 unspecified atom stereocenters. The van der Waals surface area contributed by atoms with Gasteiger partial charge in [0.15, 0.2) is 20.8 Å². The molecule has 4 rings (SSSR count). The lowest BCUT2D eigenvalue weighted by atomic mass is 10.2. The third-order valence-electron chi connectivity index (χ3n) is 4.30. The van der Waals surface area contributed by atoms with Crippen molar-refractivity contribution in [3.05, 3.63) is 33.4 Å². The Balaban J connectivity index is 1.75. The van der Waals surface area contributed by atoms with Crippen molar-refractivity contribution in [3.63, 3.8) is 0 Å². The van der Waals surface area contributed by atoms with Crippen molar-refractivity contribution < 1.29 is 9.47 Å². The summed E-state index contributed by atoms with van der Waals surface area (Å²) < 4.78 is 13.8. The van der Waals surface area contributed by atoms with Gasteiger partial charge in [0.1, 0.15) is 17.0 Å². The summed E-state index contributed by atoms with van der Waals surface area (Å²) in [6, 6.07) is 5.54. The normalized spacial score (nSPS) is 17.4. The number of benzene rings is 1. The van der Waals surface area contributed by atoms with E-state index in [1.54, 1.807) is 13.4 Å². The molecule has 1 aromatic carbocycles. The van der Waals surface area contributed by atoms with E-state index < -0.39 is 0 Å². The molecule has 7 nitrogen and oxygen atoms in total. The Morgan fingerprint density at radius 1 is 1.35 bits per heavy atom. The monoisotopic (exact) mass is 485 g/mol. The van der Waals surface area contributed by atoms with Crippen LogP contribution in [0.2, 0.25) is 5.02 Å². The van der Waals surface area contributed by atoms with Gasteiger partial charge < -0.3 is 14.8 Å². The van der Waals surface area contributed by atoms with E-state index in [0.717, 1.165) is 31.5 Å². The third kappa shape index (κ3) is 3.33. The molecule has 1 saturated heterocycles. The molecule has 3 heterocycles. The molecule has 9 heteroatoms. The molecular formula is C17H17ClIN5O2. The summed E-state index contributed by atoms with van der Waals surface area (Å²) in [6.45, 7) is 0.761. The lowest BCUT2D eigenvalue weighted by Gasteiger charge is -2.23. The molecule has 0 spiro atoms. The maximum atomic E-state index is 6.40. The molecule has 1 N–H and O–H groups in total. The molecule has 0 amide bonds. The van der Waals surface area contributed by atoms with Crippen LogP contribution in [0.5, 0.6) is 5.75 Å². The van der Waals surface area contributed by atoms with E-state index in [4.69, 9.17) is 21.1 Å². The largest absolute Gasteiger partial charge is 0.495 e. The Morgan fingerprint density at radius 3 is 3.00 bits per heavy atom. The third-order valence-corrected chi connectivity index (χ3v) is 5.17. The minimum Gasteiger partial charge on any atom is -0.495 e. The first-order chi connectivity index (χ1) is 12.7. The maximum Gasteiger partial charge on any atom is 0.194 e. The van der Waals surface area contributed by atoms with Crippen molar-refractivity contribution in [2.24, 2.45) is 0 Å². The number of hydrogen-bond acceptors (Lipinski definition) is 6. The van der Waals surface area contributed by atoms with Crippen LogP contribution in [0.3, 0.4) is 0 Å². The van der Waals surface area contributed by atoms with E-state index in [1.165, 1.54) is 0 Å². The number of anilines is 2. The molecule has 26 heavy (non-hydrogen) atoms. The standard InChI is InChI=1S/C17H17ClIN5O2/c1-25-11-6-4-5-10(13(11)18)21-15-14-16(23-17(19)22-15)24(9-20-14)12-7-2-3-8-26-12/h4-6,9,12H,2-3,7-8H2,1H3,(H,21,22,23). The number of halogens is 2. The van der Waals surface area contributed by atoms with Gasteiger partial charge in [-0.3, -0.25) is 4.57 Å². The van der Waals surface area contributed by atoms with Gasteiger partial charge in [-0.25, -0.2) is 15.0 Å². The lowest BCUT2D eigenvalue weighted by Crippen LogP contribution is -2.18. The highest BCUT2D eigenvalue weighted by molar-refractivity contribution is 14.1. The highest BCUT2D eigenvalue weighted by Crippen LogP contribution is 2.35. The summed E-state index contributed by atoms with van der Waals surface area (Å²) in [5.41, 5.74) is 2.13. The van der Waals surface area contributed by atoms with E-state index in [0.29, 0.717) is 31.6 Å². The molecule has 0 bridgehead atoms. The van der Waals surface area contributed by atoms with E-state index in [2.05, 4.69) is 42.9 Å². The number of methoxy groups -OCH3 is 1. The summed E-state index contributed by atoms with van der Waals surface area (Å²) in [5.74, 6) is 1.20. The predicted molar refractivity (Wildman–Crippen MR) is 108 cm³/mol. The zero-order valence-electron chi connectivity index (χ0n) is 14.1. The van der Waals surface area contributed by atoms with Gasteiger partial charge in [-0.05, 0) is 31.4 Å². The molecule has 0 saturated carbocycles. The van der Waals surface area contributed by atoms with Gasteiger partial charge in [0.05, 0.1) is 19.1 Å². The minimum atomic E-state index is -0.0345. The van der Waals surface area contributed by atoms with Crippen molar-refractivity contribution >= 4 is 56.9 Å². The zero-order valence-corrected chi connectivity index (χ0v) is 17.0. The van der Waals surface area contributed by atoms with Gasteiger partial charge in [0, 0.05) is 29.2 Å². The van der Waals surface area contributed by atoms with Crippen LogP contribution in [-0.4, -0.2) is 33.2 Å². The molecule has 136 valence electrons. The Hall–Kier alpha value is -1.65. The van der Waals surface area contributed by atoms with Crippen LogP contribution in [0.1, 0.15) is 25.5 Å². The second-order valence-electron chi connectivity index (χ2n) is 5.93. The molecule has 1 fully saturated rings. The molecule has 1 atom stereocenters. The number of nitrogens with one attached hydrogen (secondary N) is 1. The number of imidazole rings is 1. The van der Waals surface area contributed by atoms with Crippen LogP contribution < -0.4 is 10.1 Å². The summed E-state index contributed by atoms with van der Waals surface area (Å²) in [7, 11) is 1.59. The number of hydrogen-bond donors (Lipinski definition) is 1. The van der Waals surface area contributed by atoms with Crippen molar-refractivity contribution in [1.29, 1.82) is 0 Å². The van der Waals surface area contributed by atoms with E-state index in [1.807, 2.05) is 22.8 Å². The Kier molecular flexibility index (Phi) is 5.14. The zero-order chi connectivity index (χ0) is 18.1. The highest BCUT2D eigenvalue weighted by Gasteiger charge is 2.21. The van der Waals surface area contributed by atoms with Crippen LogP contribution >= 0.6 is 34.2 Å². The number of ether oxygens (including phenoxy) is 2. The summed E-state index contributed by atoms with van der Waals surface area (Å²) in [6.07, 6.45) is 4.92. The highest BCUT2D eigenvalue weighted by atomic mass is 127. The number of rotatable bonds is 4. The van der Waals surface area contributed by atoms with Gasteiger partial charge >= 0.3 is 0 Å². The predicted octanol–water partition coefficient (Wildman–Crippen LogP) is 4.54. The average molecular weight is 486 g/mol. The van der Waals surface area contributed by atoms with E-state index in [-0.39, 0.29) is 6.23 Å². The smallest absolute Gasteiger partial charge is 0.194 e. The van der Waals surface area contributed by atoms with Crippen LogP contribution in [0, 0.1) is 3.83 Å². The molecular weight excluding hydrogens is 469 g/mol. The Labute approximate surface area is 169 Å². The Morgan fingerprint density at radius 2 is 2.23 bits per heavy atom. The number of nitrogens with zero attached hydrogens (tertiary/aromatic N) is 4. The van der Waals surface area contributed by atoms with Crippen LogP contribution in [0.4, 0.5) is 11.5 Å². The van der Waals surface area contributed by atoms with Crippen molar-refractivity contribution in [3.8, 4) is 5.75 Å². The Bertz CT molecular complexity index is 942. The van der Waals surface area contributed by atoms with Crippen LogP contribution in [-0.2, 0) is 4.74 Å². The molecule has 0 radical (unpaired) electrons. The fourth-order valence-corrected chi connectivity index (χ4v) is 3.74. The van der Waals surface area contributed by atoms with Crippen molar-refractivity contribution in [2.45, 2.75) is 25.5 Å². The number of fused-ring (bicyclic) bond motifs is 1. The van der Waals surface area contributed by atoms with Gasteiger partial charge in [-0.1, -0.05) is 17.7 Å². The second kappa shape index (κ2) is 7.53. The van der Waals surface area contributed by atoms with Crippen LogP contribution in [0.25, 0.3) is 11.2 Å². The molecule has 2 aromatic heterocycles. The summed E-state index contributed by atoms with van der Waals surface area (Å²) in [4.78, 5) is 13.6. The number of aromatic nitrogens is 4. The fourth-order valence-electron chi connectivity index (χ4n) is 3.02. The molecule has 3 aromatic rings. The van der Waals surface area contributed by atoms with Gasteiger partial charge in [0.2, 0.25) is 0 Å². The van der Waals surface area contributed by atoms with Crippen molar-refractivity contribution in [1.82, 2.24) is 19.5 Å². The van der Waals surface area contributed by atoms with Gasteiger partial charge in [0.25, 0.3) is 0 Å². The quantitative estimate of drug-likeness (QED) is 0.432. The first-order valence-electron chi connectivity index (χ1n) is 8.28. The SMILES string of the molecule is COc1cccc(Nc2nc(I)nc3c2ncn3C2CCCCO2)c1Cl. The minimum absolute atomic E-state index is 0.0345. The average Bonchev–Trinajstić information content (AvgIpc) is 3.08.